The zero-order chi connectivity index (χ0) is 14.8. The highest BCUT2D eigenvalue weighted by molar-refractivity contribution is 6.30. The third kappa shape index (κ3) is 3.06. The number of halogens is 2. The number of nitrogens with one attached hydrogen (secondary N) is 2. The summed E-state index contributed by atoms with van der Waals surface area (Å²) in [5.74, 6) is -0.702. The summed E-state index contributed by atoms with van der Waals surface area (Å²) in [6, 6.07) is 11.7. The molecule has 0 bridgehead atoms. The SMILES string of the molecule is O=C(Cc1c[nH]c2ccccc12)Nc1cc(F)cc(Cl)c1. The fraction of sp³-hybridized carbons (Fsp3) is 0.0625. The molecule has 0 saturated carbocycles. The predicted molar refractivity (Wildman–Crippen MR) is 82.0 cm³/mol. The van der Waals surface area contributed by atoms with Crippen molar-refractivity contribution < 1.29 is 9.18 Å². The van der Waals surface area contributed by atoms with Crippen molar-refractivity contribution in [3.05, 3.63) is 65.1 Å². The Bertz CT molecular complexity index is 793. The van der Waals surface area contributed by atoms with E-state index in [2.05, 4.69) is 10.3 Å². The normalized spacial score (nSPS) is 10.8. The Morgan fingerprint density at radius 3 is 2.86 bits per heavy atom. The number of carbonyl (C=O) groups excluding carboxylic acids is 1. The number of fused-ring (bicyclic) bond motifs is 1. The van der Waals surface area contributed by atoms with Crippen molar-refractivity contribution in [2.75, 3.05) is 5.32 Å². The fourth-order valence-electron chi connectivity index (χ4n) is 2.28. The molecule has 1 heterocycles. The van der Waals surface area contributed by atoms with E-state index in [1.165, 1.54) is 18.2 Å². The topological polar surface area (TPSA) is 44.9 Å². The molecule has 106 valence electrons. The van der Waals surface area contributed by atoms with Crippen LogP contribution in [0.1, 0.15) is 5.56 Å². The van der Waals surface area contributed by atoms with Gasteiger partial charge in [-0.1, -0.05) is 29.8 Å². The quantitative estimate of drug-likeness (QED) is 0.750. The van der Waals surface area contributed by atoms with E-state index in [0.29, 0.717) is 5.69 Å². The first kappa shape index (κ1) is 13.6. The number of aromatic nitrogens is 1. The molecule has 2 aromatic carbocycles. The molecule has 3 rings (SSSR count). The van der Waals surface area contributed by atoms with Crippen LogP contribution in [0.4, 0.5) is 10.1 Å². The van der Waals surface area contributed by atoms with E-state index < -0.39 is 5.82 Å². The molecule has 1 aromatic heterocycles. The summed E-state index contributed by atoms with van der Waals surface area (Å²) in [6.45, 7) is 0. The lowest BCUT2D eigenvalue weighted by Crippen LogP contribution is -2.14. The van der Waals surface area contributed by atoms with E-state index in [1.54, 1.807) is 0 Å². The van der Waals surface area contributed by atoms with Crippen LogP contribution < -0.4 is 5.32 Å². The minimum absolute atomic E-state index is 0.206. The number of hydrogen-bond acceptors (Lipinski definition) is 1. The lowest BCUT2D eigenvalue weighted by Gasteiger charge is -2.05. The van der Waals surface area contributed by atoms with Crippen LogP contribution in [0.25, 0.3) is 10.9 Å². The summed E-state index contributed by atoms with van der Waals surface area (Å²) >= 11 is 5.76. The first-order chi connectivity index (χ1) is 10.1. The third-order valence-electron chi connectivity index (χ3n) is 3.17. The van der Waals surface area contributed by atoms with E-state index >= 15 is 0 Å². The summed E-state index contributed by atoms with van der Waals surface area (Å²) in [5, 5.41) is 3.90. The van der Waals surface area contributed by atoms with Crippen LogP contribution in [0.5, 0.6) is 0 Å². The second kappa shape index (κ2) is 5.58. The number of aromatic amines is 1. The zero-order valence-electron chi connectivity index (χ0n) is 11.0. The number of anilines is 1. The monoisotopic (exact) mass is 302 g/mol. The van der Waals surface area contributed by atoms with Crippen molar-refractivity contribution >= 4 is 34.1 Å². The van der Waals surface area contributed by atoms with Crippen LogP contribution in [0.15, 0.2) is 48.7 Å². The van der Waals surface area contributed by atoms with Crippen molar-refractivity contribution in [3.63, 3.8) is 0 Å². The molecule has 5 heteroatoms. The van der Waals surface area contributed by atoms with Gasteiger partial charge in [0.05, 0.1) is 6.42 Å². The maximum Gasteiger partial charge on any atom is 0.228 e. The van der Waals surface area contributed by atoms with Gasteiger partial charge in [-0.25, -0.2) is 4.39 Å². The highest BCUT2D eigenvalue weighted by Gasteiger charge is 2.09. The van der Waals surface area contributed by atoms with E-state index in [0.717, 1.165) is 16.5 Å². The molecule has 0 saturated heterocycles. The van der Waals surface area contributed by atoms with Crippen molar-refractivity contribution in [3.8, 4) is 0 Å². The smallest absolute Gasteiger partial charge is 0.228 e. The van der Waals surface area contributed by atoms with Gasteiger partial charge in [-0.2, -0.15) is 0 Å². The molecular weight excluding hydrogens is 291 g/mol. The van der Waals surface area contributed by atoms with Gasteiger partial charge >= 0.3 is 0 Å². The molecule has 0 radical (unpaired) electrons. The predicted octanol–water partition coefficient (Wildman–Crippen LogP) is 4.14. The second-order valence-electron chi connectivity index (χ2n) is 4.74. The maximum atomic E-state index is 13.2. The number of amides is 1. The highest BCUT2D eigenvalue weighted by atomic mass is 35.5. The van der Waals surface area contributed by atoms with Gasteiger partial charge in [0.25, 0.3) is 0 Å². The van der Waals surface area contributed by atoms with Crippen LogP contribution in [0.2, 0.25) is 5.02 Å². The largest absolute Gasteiger partial charge is 0.361 e. The molecule has 0 aliphatic rings. The lowest BCUT2D eigenvalue weighted by molar-refractivity contribution is -0.115. The molecule has 1 amide bonds. The molecular formula is C16H12ClFN2O. The Morgan fingerprint density at radius 2 is 2.05 bits per heavy atom. The third-order valence-corrected chi connectivity index (χ3v) is 3.39. The molecule has 0 aliphatic carbocycles. The standard InChI is InChI=1S/C16H12ClFN2O/c17-11-6-12(18)8-13(7-11)20-16(21)5-10-9-19-15-4-2-1-3-14(10)15/h1-4,6-9,19H,5H2,(H,20,21). The summed E-state index contributed by atoms with van der Waals surface area (Å²) in [4.78, 5) is 15.2. The molecule has 0 fully saturated rings. The Hall–Kier alpha value is -2.33. The van der Waals surface area contributed by atoms with Crippen LogP contribution in [-0.4, -0.2) is 10.9 Å². The second-order valence-corrected chi connectivity index (χ2v) is 5.18. The number of para-hydroxylation sites is 1. The number of hydrogen-bond donors (Lipinski definition) is 2. The highest BCUT2D eigenvalue weighted by Crippen LogP contribution is 2.20. The van der Waals surface area contributed by atoms with Crippen molar-refractivity contribution in [2.45, 2.75) is 6.42 Å². The number of H-pyrrole nitrogens is 1. The van der Waals surface area contributed by atoms with Gasteiger partial charge in [0, 0.05) is 27.8 Å². The van der Waals surface area contributed by atoms with E-state index in [-0.39, 0.29) is 17.4 Å². The summed E-state index contributed by atoms with van der Waals surface area (Å²) in [5.41, 5.74) is 2.23. The molecule has 0 unspecified atom stereocenters. The van der Waals surface area contributed by atoms with Crippen LogP contribution in [-0.2, 0) is 11.2 Å². The van der Waals surface area contributed by atoms with E-state index in [9.17, 15) is 9.18 Å². The molecule has 0 spiro atoms. The molecule has 3 aromatic rings. The first-order valence-corrected chi connectivity index (χ1v) is 6.80. The zero-order valence-corrected chi connectivity index (χ0v) is 11.7. The number of carbonyl (C=O) groups is 1. The summed E-state index contributed by atoms with van der Waals surface area (Å²) < 4.78 is 13.2. The molecule has 21 heavy (non-hydrogen) atoms. The Labute approximate surface area is 125 Å². The molecule has 0 atom stereocenters. The maximum absolute atomic E-state index is 13.2. The average molecular weight is 303 g/mol. The van der Waals surface area contributed by atoms with Crippen molar-refractivity contribution in [2.24, 2.45) is 0 Å². The van der Waals surface area contributed by atoms with Gasteiger partial charge in [-0.05, 0) is 29.8 Å². The van der Waals surface area contributed by atoms with Gasteiger partial charge in [-0.3, -0.25) is 4.79 Å². The van der Waals surface area contributed by atoms with Crippen LogP contribution >= 0.6 is 11.6 Å². The Morgan fingerprint density at radius 1 is 1.24 bits per heavy atom. The minimum Gasteiger partial charge on any atom is -0.361 e. The van der Waals surface area contributed by atoms with Gasteiger partial charge in [-0.15, -0.1) is 0 Å². The molecule has 3 nitrogen and oxygen atoms in total. The van der Waals surface area contributed by atoms with E-state index in [4.69, 9.17) is 11.6 Å². The number of benzene rings is 2. The van der Waals surface area contributed by atoms with E-state index in [1.807, 2.05) is 30.5 Å². The Kier molecular flexibility index (Phi) is 3.62. The van der Waals surface area contributed by atoms with Crippen LogP contribution in [0.3, 0.4) is 0 Å². The summed E-state index contributed by atoms with van der Waals surface area (Å²) in [7, 11) is 0. The molecule has 2 N–H and O–H groups in total. The summed E-state index contributed by atoms with van der Waals surface area (Å²) in [6.07, 6.45) is 2.01. The molecule has 0 aliphatic heterocycles. The average Bonchev–Trinajstić information content (AvgIpc) is 2.81. The lowest BCUT2D eigenvalue weighted by atomic mass is 10.1. The van der Waals surface area contributed by atoms with Gasteiger partial charge in [0.2, 0.25) is 5.91 Å². The first-order valence-electron chi connectivity index (χ1n) is 6.43. The fourth-order valence-corrected chi connectivity index (χ4v) is 2.50. The van der Waals surface area contributed by atoms with Crippen LogP contribution in [0, 0.1) is 5.82 Å². The Balaban J connectivity index is 1.77. The van der Waals surface area contributed by atoms with Crippen molar-refractivity contribution in [1.82, 2.24) is 4.98 Å². The van der Waals surface area contributed by atoms with Crippen molar-refractivity contribution in [1.29, 1.82) is 0 Å². The van der Waals surface area contributed by atoms with Gasteiger partial charge < -0.3 is 10.3 Å². The number of rotatable bonds is 3. The van der Waals surface area contributed by atoms with Gasteiger partial charge in [0.15, 0.2) is 0 Å². The van der Waals surface area contributed by atoms with Gasteiger partial charge in [0.1, 0.15) is 5.82 Å². The minimum atomic E-state index is -0.482.